The normalized spacial score (nSPS) is 11.1. The van der Waals surface area contributed by atoms with Gasteiger partial charge < -0.3 is 10.5 Å². The molecule has 0 aliphatic carbocycles. The number of hydrogen-bond acceptors (Lipinski definition) is 4. The Balaban J connectivity index is 2.42. The minimum atomic E-state index is -3.25. The Bertz CT molecular complexity index is 480. The van der Waals surface area contributed by atoms with Gasteiger partial charge in [-0.1, -0.05) is 29.9 Å². The van der Waals surface area contributed by atoms with Crippen molar-refractivity contribution in [2.45, 2.75) is 6.92 Å². The molecule has 0 heterocycles. The number of rotatable bonds is 6. The quantitative estimate of drug-likeness (QED) is 0.785. The molecule has 0 saturated heterocycles. The first kappa shape index (κ1) is 13.9. The fourth-order valence-electron chi connectivity index (χ4n) is 1.21. The first-order valence-electron chi connectivity index (χ1n) is 5.07. The van der Waals surface area contributed by atoms with Crippen molar-refractivity contribution in [3.8, 4) is 5.75 Å². The number of hydrogen-bond donors (Lipinski definition) is 1. The van der Waals surface area contributed by atoms with Gasteiger partial charge in [-0.05, 0) is 19.1 Å². The highest BCUT2D eigenvalue weighted by atomic mass is 32.2. The van der Waals surface area contributed by atoms with Crippen LogP contribution in [0, 0.1) is 6.92 Å². The second-order valence-electron chi connectivity index (χ2n) is 3.72. The lowest BCUT2D eigenvalue weighted by Crippen LogP contribution is -2.25. The van der Waals surface area contributed by atoms with E-state index in [1.165, 1.54) is 0 Å². The molecule has 94 valence electrons. The summed E-state index contributed by atoms with van der Waals surface area (Å²) in [4.78, 5) is -0.0136. The Morgan fingerprint density at radius 1 is 1.35 bits per heavy atom. The second-order valence-corrected chi connectivity index (χ2v) is 6.43. The van der Waals surface area contributed by atoms with Crippen LogP contribution < -0.4 is 10.5 Å². The largest absolute Gasteiger partial charge is 0.493 e. The van der Waals surface area contributed by atoms with Crippen LogP contribution in [0.3, 0.4) is 0 Å². The number of sulfone groups is 1. The highest BCUT2D eigenvalue weighted by Gasteiger charge is 2.12. The van der Waals surface area contributed by atoms with Crippen LogP contribution in [-0.4, -0.2) is 31.5 Å². The first-order chi connectivity index (χ1) is 7.89. The zero-order chi connectivity index (χ0) is 12.9. The Labute approximate surface area is 107 Å². The van der Waals surface area contributed by atoms with Gasteiger partial charge in [0, 0.05) is 0 Å². The molecule has 6 heteroatoms. The van der Waals surface area contributed by atoms with E-state index in [4.69, 9.17) is 10.5 Å². The molecule has 1 aromatic carbocycles. The second kappa shape index (κ2) is 5.97. The predicted octanol–water partition coefficient (Wildman–Crippen LogP) is 1.07. The highest BCUT2D eigenvalue weighted by Crippen LogP contribution is 2.11. The Morgan fingerprint density at radius 2 is 1.94 bits per heavy atom. The molecule has 1 aromatic rings. The van der Waals surface area contributed by atoms with Crippen LogP contribution in [-0.2, 0) is 9.84 Å². The fraction of sp³-hybridized carbons (Fsp3) is 0.364. The molecular formula is C11H15NO3S2. The van der Waals surface area contributed by atoms with Gasteiger partial charge in [0.2, 0.25) is 0 Å². The van der Waals surface area contributed by atoms with Crippen molar-refractivity contribution in [3.05, 3.63) is 29.8 Å². The van der Waals surface area contributed by atoms with Gasteiger partial charge in [0.25, 0.3) is 0 Å². The summed E-state index contributed by atoms with van der Waals surface area (Å²) in [5.41, 5.74) is 6.31. The van der Waals surface area contributed by atoms with Crippen LogP contribution in [0.5, 0.6) is 5.75 Å². The number of aryl methyl sites for hydroxylation is 1. The van der Waals surface area contributed by atoms with Gasteiger partial charge in [-0.3, -0.25) is 0 Å². The Hall–Kier alpha value is -1.14. The average molecular weight is 273 g/mol. The zero-order valence-electron chi connectivity index (χ0n) is 9.55. The minimum absolute atomic E-state index is 0.0136. The van der Waals surface area contributed by atoms with E-state index in [1.54, 1.807) is 12.1 Å². The number of thiocarbonyl (C=S) groups is 1. The summed E-state index contributed by atoms with van der Waals surface area (Å²) in [6.45, 7) is 2.07. The maximum atomic E-state index is 11.4. The molecular weight excluding hydrogens is 258 g/mol. The fourth-order valence-corrected chi connectivity index (χ4v) is 2.66. The summed E-state index contributed by atoms with van der Waals surface area (Å²) >= 11 is 4.56. The van der Waals surface area contributed by atoms with E-state index in [0.717, 1.165) is 5.56 Å². The summed E-state index contributed by atoms with van der Waals surface area (Å²) < 4.78 is 28.2. The molecule has 0 radical (unpaired) electrons. The Morgan fingerprint density at radius 3 is 2.47 bits per heavy atom. The highest BCUT2D eigenvalue weighted by molar-refractivity contribution is 7.93. The summed E-state index contributed by atoms with van der Waals surface area (Å²) in [5.74, 6) is 0.304. The van der Waals surface area contributed by atoms with Gasteiger partial charge in [0.05, 0.1) is 10.7 Å². The monoisotopic (exact) mass is 273 g/mol. The SMILES string of the molecule is Cc1ccc(OCCS(=O)(=O)CC(N)=S)cc1. The number of nitrogens with two attached hydrogens (primary N) is 1. The zero-order valence-corrected chi connectivity index (χ0v) is 11.2. The first-order valence-corrected chi connectivity index (χ1v) is 7.30. The lowest BCUT2D eigenvalue weighted by atomic mass is 10.2. The maximum Gasteiger partial charge on any atom is 0.160 e. The molecule has 0 aliphatic rings. The summed E-state index contributed by atoms with van der Waals surface area (Å²) in [6.07, 6.45) is 0. The molecule has 0 amide bonds. The lowest BCUT2D eigenvalue weighted by molar-refractivity contribution is 0.341. The summed E-state index contributed by atoms with van der Waals surface area (Å²) in [6, 6.07) is 7.41. The van der Waals surface area contributed by atoms with Crippen LogP contribution in [0.25, 0.3) is 0 Å². The lowest BCUT2D eigenvalue weighted by Gasteiger charge is -2.06. The minimum Gasteiger partial charge on any atom is -0.493 e. The van der Waals surface area contributed by atoms with Crippen molar-refractivity contribution < 1.29 is 13.2 Å². The molecule has 2 N–H and O–H groups in total. The van der Waals surface area contributed by atoms with E-state index < -0.39 is 9.84 Å². The van der Waals surface area contributed by atoms with Crippen LogP contribution in [0.2, 0.25) is 0 Å². The smallest absolute Gasteiger partial charge is 0.160 e. The van der Waals surface area contributed by atoms with Gasteiger partial charge in [-0.2, -0.15) is 0 Å². The molecule has 0 bridgehead atoms. The Kier molecular flexibility index (Phi) is 4.89. The van der Waals surface area contributed by atoms with Crippen molar-refractivity contribution in [3.63, 3.8) is 0 Å². The topological polar surface area (TPSA) is 69.4 Å². The van der Waals surface area contributed by atoms with Gasteiger partial charge in [0.15, 0.2) is 9.84 Å². The standard InChI is InChI=1S/C11H15NO3S2/c1-9-2-4-10(5-3-9)15-6-7-17(13,14)8-11(12)16/h2-5H,6-8H2,1H3,(H2,12,16). The van der Waals surface area contributed by atoms with Crippen molar-refractivity contribution in [2.75, 3.05) is 18.1 Å². The van der Waals surface area contributed by atoms with Crippen molar-refractivity contribution in [1.29, 1.82) is 0 Å². The molecule has 0 aliphatic heterocycles. The average Bonchev–Trinajstić information content (AvgIpc) is 2.18. The molecule has 4 nitrogen and oxygen atoms in total. The van der Waals surface area contributed by atoms with E-state index in [-0.39, 0.29) is 23.1 Å². The van der Waals surface area contributed by atoms with E-state index in [0.29, 0.717) is 5.75 Å². The van der Waals surface area contributed by atoms with Crippen LogP contribution in [0.15, 0.2) is 24.3 Å². The molecule has 0 saturated carbocycles. The molecule has 0 fully saturated rings. The van der Waals surface area contributed by atoms with E-state index in [2.05, 4.69) is 12.2 Å². The molecule has 0 atom stereocenters. The van der Waals surface area contributed by atoms with E-state index in [1.807, 2.05) is 19.1 Å². The molecule has 0 unspecified atom stereocenters. The number of benzene rings is 1. The third-order valence-electron chi connectivity index (χ3n) is 2.05. The van der Waals surface area contributed by atoms with Crippen LogP contribution in [0.4, 0.5) is 0 Å². The predicted molar refractivity (Wildman–Crippen MR) is 72.1 cm³/mol. The van der Waals surface area contributed by atoms with Crippen molar-refractivity contribution in [1.82, 2.24) is 0 Å². The van der Waals surface area contributed by atoms with Gasteiger partial charge >= 0.3 is 0 Å². The van der Waals surface area contributed by atoms with E-state index >= 15 is 0 Å². The van der Waals surface area contributed by atoms with Gasteiger partial charge in [-0.15, -0.1) is 0 Å². The van der Waals surface area contributed by atoms with Crippen LogP contribution >= 0.6 is 12.2 Å². The van der Waals surface area contributed by atoms with Gasteiger partial charge in [-0.25, -0.2) is 8.42 Å². The molecule has 0 spiro atoms. The number of ether oxygens (including phenoxy) is 1. The summed E-state index contributed by atoms with van der Waals surface area (Å²) in [5, 5.41) is 0. The van der Waals surface area contributed by atoms with E-state index in [9.17, 15) is 8.42 Å². The van der Waals surface area contributed by atoms with Crippen LogP contribution in [0.1, 0.15) is 5.56 Å². The third-order valence-corrected chi connectivity index (χ3v) is 3.91. The molecule has 17 heavy (non-hydrogen) atoms. The third kappa shape index (κ3) is 5.65. The van der Waals surface area contributed by atoms with Crippen molar-refractivity contribution >= 4 is 27.0 Å². The molecule has 0 aromatic heterocycles. The van der Waals surface area contributed by atoms with Crippen molar-refractivity contribution in [2.24, 2.45) is 5.73 Å². The summed E-state index contributed by atoms with van der Waals surface area (Å²) in [7, 11) is -3.25. The molecule has 1 rings (SSSR count). The maximum absolute atomic E-state index is 11.4. The van der Waals surface area contributed by atoms with Gasteiger partial charge in [0.1, 0.15) is 18.1 Å².